The van der Waals surface area contributed by atoms with Gasteiger partial charge in [-0.1, -0.05) is 19.1 Å². The van der Waals surface area contributed by atoms with Gasteiger partial charge in [-0.2, -0.15) is 0 Å². The number of rotatable bonds is 6. The Hall–Kier alpha value is -0.670. The van der Waals surface area contributed by atoms with Crippen LogP contribution in [0.25, 0.3) is 0 Å². The summed E-state index contributed by atoms with van der Waals surface area (Å²) < 4.78 is 10.3. The fourth-order valence-corrected chi connectivity index (χ4v) is 1.91. The van der Waals surface area contributed by atoms with Gasteiger partial charge >= 0.3 is 0 Å². The molecule has 3 atom stereocenters. The maximum absolute atomic E-state index is 10.4. The van der Waals surface area contributed by atoms with Gasteiger partial charge in [0.15, 0.2) is 0 Å². The standard InChI is InChI=1S/C12H20O3/c1-10(7-8-13)11-3-5-12(6-4-11)15-9-14-2/h3,5,8,10-12H,4,6-7,9H2,1-2H3/t10-,11+,12-/m1/s1. The third kappa shape index (κ3) is 4.14. The molecule has 0 aromatic rings. The third-order valence-corrected chi connectivity index (χ3v) is 2.96. The van der Waals surface area contributed by atoms with Crippen molar-refractivity contribution in [3.8, 4) is 0 Å². The lowest BCUT2D eigenvalue weighted by Crippen LogP contribution is -2.21. The van der Waals surface area contributed by atoms with Gasteiger partial charge in [-0.3, -0.25) is 0 Å². The highest BCUT2D eigenvalue weighted by Gasteiger charge is 2.20. The van der Waals surface area contributed by atoms with E-state index in [1.165, 1.54) is 0 Å². The van der Waals surface area contributed by atoms with Gasteiger partial charge in [0.25, 0.3) is 0 Å². The molecule has 1 aliphatic rings. The Bertz CT molecular complexity index is 213. The second kappa shape index (κ2) is 6.75. The highest BCUT2D eigenvalue weighted by Crippen LogP contribution is 2.27. The number of allylic oxidation sites excluding steroid dienone is 1. The molecule has 0 saturated carbocycles. The van der Waals surface area contributed by atoms with Crippen LogP contribution in [0, 0.1) is 11.8 Å². The van der Waals surface area contributed by atoms with Gasteiger partial charge in [0, 0.05) is 13.5 Å². The van der Waals surface area contributed by atoms with E-state index in [4.69, 9.17) is 9.47 Å². The maximum atomic E-state index is 10.4. The molecule has 1 aliphatic carbocycles. The molecule has 0 aromatic heterocycles. The smallest absolute Gasteiger partial charge is 0.147 e. The van der Waals surface area contributed by atoms with Crippen LogP contribution in [0.5, 0.6) is 0 Å². The maximum Gasteiger partial charge on any atom is 0.147 e. The van der Waals surface area contributed by atoms with Crippen molar-refractivity contribution < 1.29 is 14.3 Å². The van der Waals surface area contributed by atoms with Crippen molar-refractivity contribution in [2.24, 2.45) is 11.8 Å². The van der Waals surface area contributed by atoms with Crippen molar-refractivity contribution in [3.63, 3.8) is 0 Å². The van der Waals surface area contributed by atoms with Crippen LogP contribution < -0.4 is 0 Å². The highest BCUT2D eigenvalue weighted by molar-refractivity contribution is 5.49. The van der Waals surface area contributed by atoms with Crippen molar-refractivity contribution in [3.05, 3.63) is 12.2 Å². The van der Waals surface area contributed by atoms with Gasteiger partial charge in [-0.05, 0) is 24.7 Å². The molecule has 0 bridgehead atoms. The molecular formula is C12H20O3. The van der Waals surface area contributed by atoms with E-state index in [1.807, 2.05) is 0 Å². The third-order valence-electron chi connectivity index (χ3n) is 2.96. The van der Waals surface area contributed by atoms with Crippen molar-refractivity contribution >= 4 is 6.29 Å². The van der Waals surface area contributed by atoms with Gasteiger partial charge in [-0.25, -0.2) is 0 Å². The lowest BCUT2D eigenvalue weighted by molar-refractivity contribution is -0.108. The number of ether oxygens (including phenoxy) is 2. The fourth-order valence-electron chi connectivity index (χ4n) is 1.91. The van der Waals surface area contributed by atoms with Crippen molar-refractivity contribution in [2.75, 3.05) is 13.9 Å². The molecule has 0 N–H and O–H groups in total. The van der Waals surface area contributed by atoms with Crippen molar-refractivity contribution in [1.82, 2.24) is 0 Å². The number of aldehydes is 1. The molecule has 0 saturated heterocycles. The van der Waals surface area contributed by atoms with Gasteiger partial charge < -0.3 is 14.3 Å². The fraction of sp³-hybridized carbons (Fsp3) is 0.750. The van der Waals surface area contributed by atoms with Gasteiger partial charge in [-0.15, -0.1) is 0 Å². The quantitative estimate of drug-likeness (QED) is 0.384. The van der Waals surface area contributed by atoms with E-state index in [0.29, 0.717) is 25.0 Å². The van der Waals surface area contributed by atoms with Crippen LogP contribution in [-0.4, -0.2) is 26.3 Å². The highest BCUT2D eigenvalue weighted by atomic mass is 16.7. The summed E-state index contributed by atoms with van der Waals surface area (Å²) in [5.41, 5.74) is 0. The Morgan fingerprint density at radius 3 is 2.80 bits per heavy atom. The first-order valence-electron chi connectivity index (χ1n) is 5.50. The number of carbonyl (C=O) groups is 1. The summed E-state index contributed by atoms with van der Waals surface area (Å²) >= 11 is 0. The molecule has 0 radical (unpaired) electrons. The molecular weight excluding hydrogens is 192 g/mol. The minimum Gasteiger partial charge on any atom is -0.359 e. The minimum atomic E-state index is 0.185. The Morgan fingerprint density at radius 1 is 1.47 bits per heavy atom. The van der Waals surface area contributed by atoms with Crippen LogP contribution >= 0.6 is 0 Å². The van der Waals surface area contributed by atoms with E-state index >= 15 is 0 Å². The van der Waals surface area contributed by atoms with Crippen molar-refractivity contribution in [1.29, 1.82) is 0 Å². The molecule has 0 amide bonds. The number of hydrogen-bond acceptors (Lipinski definition) is 3. The van der Waals surface area contributed by atoms with E-state index in [0.717, 1.165) is 19.1 Å². The van der Waals surface area contributed by atoms with Gasteiger partial charge in [0.1, 0.15) is 13.1 Å². The summed E-state index contributed by atoms with van der Waals surface area (Å²) in [6.07, 6.45) is 8.23. The molecule has 3 heteroatoms. The Morgan fingerprint density at radius 2 is 2.27 bits per heavy atom. The lowest BCUT2D eigenvalue weighted by Gasteiger charge is -2.26. The molecule has 0 heterocycles. The normalized spacial score (nSPS) is 27.6. The molecule has 3 nitrogen and oxygen atoms in total. The van der Waals surface area contributed by atoms with Gasteiger partial charge in [0.05, 0.1) is 6.10 Å². The molecule has 0 fully saturated rings. The van der Waals surface area contributed by atoms with E-state index < -0.39 is 0 Å². The predicted octanol–water partition coefficient (Wildman–Crippen LogP) is 2.17. The van der Waals surface area contributed by atoms with Crippen LogP contribution in [0.3, 0.4) is 0 Å². The second-order valence-electron chi connectivity index (χ2n) is 4.12. The van der Waals surface area contributed by atoms with E-state index in [1.54, 1.807) is 7.11 Å². The van der Waals surface area contributed by atoms with Crippen LogP contribution in [-0.2, 0) is 14.3 Å². The zero-order chi connectivity index (χ0) is 11.1. The first-order valence-corrected chi connectivity index (χ1v) is 5.50. The summed E-state index contributed by atoms with van der Waals surface area (Å²) in [4.78, 5) is 10.4. The summed E-state index contributed by atoms with van der Waals surface area (Å²) in [5.74, 6) is 0.972. The van der Waals surface area contributed by atoms with Gasteiger partial charge in [0.2, 0.25) is 0 Å². The minimum absolute atomic E-state index is 0.185. The molecule has 0 aromatic carbocycles. The first kappa shape index (κ1) is 12.4. The Labute approximate surface area is 91.4 Å². The number of methoxy groups -OCH3 is 1. The van der Waals surface area contributed by atoms with Crippen LogP contribution in [0.4, 0.5) is 0 Å². The molecule has 15 heavy (non-hydrogen) atoms. The molecule has 1 rings (SSSR count). The molecule has 86 valence electrons. The SMILES string of the molecule is COCO[C@@H]1C=C[C@H]([C@H](C)CC=O)CC1. The average Bonchev–Trinajstić information content (AvgIpc) is 2.27. The average molecular weight is 212 g/mol. The van der Waals surface area contributed by atoms with Crippen LogP contribution in [0.1, 0.15) is 26.2 Å². The predicted molar refractivity (Wildman–Crippen MR) is 58.5 cm³/mol. The molecule has 0 spiro atoms. The summed E-state index contributed by atoms with van der Waals surface area (Å²) in [6.45, 7) is 2.48. The largest absolute Gasteiger partial charge is 0.359 e. The molecule has 0 unspecified atom stereocenters. The van der Waals surface area contributed by atoms with Crippen molar-refractivity contribution in [2.45, 2.75) is 32.3 Å². The summed E-state index contributed by atoms with van der Waals surface area (Å²) in [6, 6.07) is 0. The summed E-state index contributed by atoms with van der Waals surface area (Å²) in [7, 11) is 1.63. The van der Waals surface area contributed by atoms with E-state index in [-0.39, 0.29) is 6.10 Å². The van der Waals surface area contributed by atoms with Crippen LogP contribution in [0.15, 0.2) is 12.2 Å². The Balaban J connectivity index is 2.33. The van der Waals surface area contributed by atoms with Crippen LogP contribution in [0.2, 0.25) is 0 Å². The topological polar surface area (TPSA) is 35.5 Å². The molecule has 0 aliphatic heterocycles. The number of carbonyl (C=O) groups excluding carboxylic acids is 1. The number of hydrogen-bond donors (Lipinski definition) is 0. The monoisotopic (exact) mass is 212 g/mol. The zero-order valence-electron chi connectivity index (χ0n) is 9.52. The Kier molecular flexibility index (Phi) is 5.58. The zero-order valence-corrected chi connectivity index (χ0v) is 9.52. The second-order valence-corrected chi connectivity index (χ2v) is 4.12. The van der Waals surface area contributed by atoms with E-state index in [9.17, 15) is 4.79 Å². The lowest BCUT2D eigenvalue weighted by atomic mass is 9.83. The first-order chi connectivity index (χ1) is 7.27. The van der Waals surface area contributed by atoms with E-state index in [2.05, 4.69) is 19.1 Å². The summed E-state index contributed by atoms with van der Waals surface area (Å²) in [5, 5.41) is 0.